The number of para-hydroxylation sites is 4. The molecule has 0 aliphatic heterocycles. The Hall–Kier alpha value is -2.99. The van der Waals surface area contributed by atoms with Crippen molar-refractivity contribution in [2.45, 2.75) is 135 Å². The zero-order chi connectivity index (χ0) is 69.0. The molecule has 0 fully saturated rings. The maximum absolute atomic E-state index is 12.5. The van der Waals surface area contributed by atoms with Gasteiger partial charge in [0.25, 0.3) is 0 Å². The summed E-state index contributed by atoms with van der Waals surface area (Å²) in [6, 6.07) is 53.5. The zero-order valence-electron chi connectivity index (χ0n) is 75.7. The molecule has 1 amide bonds. The molecule has 0 saturated heterocycles. The molecular formula is C88H141Li4N4Ni4O11P2-3. The monoisotopic (exact) mass is 1750 g/mol. The van der Waals surface area contributed by atoms with E-state index in [1.807, 2.05) is 159 Å². The molecule has 0 aromatic heterocycles. The topological polar surface area (TPSA) is 197 Å². The van der Waals surface area contributed by atoms with Crippen molar-refractivity contribution in [3.05, 3.63) is 292 Å². The summed E-state index contributed by atoms with van der Waals surface area (Å²) >= 11 is 0. The van der Waals surface area contributed by atoms with E-state index in [9.17, 15) is 20.1 Å². The molecule has 3 atom stereocenters. The normalized spacial score (nSPS) is 10.8. The van der Waals surface area contributed by atoms with Gasteiger partial charge in [0.2, 0.25) is 5.69 Å². The Kier molecular flexibility index (Phi) is 101. The predicted octanol–water partition coefficient (Wildman–Crippen LogP) is 12.3. The fourth-order valence-corrected chi connectivity index (χ4v) is 18.7. The number of aliphatic imine (C=N–C) groups is 1. The molecule has 2 unspecified atom stereocenters. The first-order valence-electron chi connectivity index (χ1n) is 31.3. The Morgan fingerprint density at radius 2 is 0.938 bits per heavy atom. The van der Waals surface area contributed by atoms with Crippen molar-refractivity contribution in [2.75, 3.05) is 68.2 Å². The van der Waals surface area contributed by atoms with E-state index in [2.05, 4.69) is 104 Å². The molecule has 0 spiro atoms. The van der Waals surface area contributed by atoms with Gasteiger partial charge in [-0.1, -0.05) is 122 Å². The smallest absolute Gasteiger partial charge is 0.682 e. The summed E-state index contributed by atoms with van der Waals surface area (Å²) in [5.74, 6) is 3.10. The molecule has 113 heavy (non-hydrogen) atoms. The van der Waals surface area contributed by atoms with Gasteiger partial charge in [-0.05, 0) is 125 Å². The van der Waals surface area contributed by atoms with E-state index in [0.717, 1.165) is 22.6 Å². The summed E-state index contributed by atoms with van der Waals surface area (Å²) < 4.78 is 37.4. The van der Waals surface area contributed by atoms with Crippen LogP contribution >= 0.6 is 15.8 Å². The molecule has 15 nitrogen and oxygen atoms in total. The van der Waals surface area contributed by atoms with Crippen LogP contribution in [0.5, 0.6) is 34.5 Å². The second-order valence-corrected chi connectivity index (χ2v) is 35.0. The number of ether oxygens (including phenoxy) is 7. The molecule has 0 aliphatic rings. The minimum absolute atomic E-state index is 0. The first kappa shape index (κ1) is 151. The van der Waals surface area contributed by atoms with Crippen LogP contribution in [0.1, 0.15) is 119 Å². The summed E-state index contributed by atoms with van der Waals surface area (Å²) in [6.07, 6.45) is 4.29. The fraction of sp³-hybridized carbons (Fsp3) is 0.352. The number of rotatable bonds is 24. The van der Waals surface area contributed by atoms with Crippen molar-refractivity contribution < 1.29 is 181 Å². The van der Waals surface area contributed by atoms with E-state index in [1.165, 1.54) is 0 Å². The summed E-state index contributed by atoms with van der Waals surface area (Å²) in [4.78, 5) is 20.1. The van der Waals surface area contributed by atoms with E-state index in [1.54, 1.807) is 73.3 Å². The van der Waals surface area contributed by atoms with Crippen LogP contribution in [0.3, 0.4) is 0 Å². The van der Waals surface area contributed by atoms with Gasteiger partial charge in [0.15, 0.2) is 18.1 Å². The maximum Gasteiger partial charge on any atom is 3.00 e. The zero-order valence-corrected chi connectivity index (χ0v) is 81.7. The second kappa shape index (κ2) is 75.2. The number of carbonyl (C=O) groups is 1. The quantitative estimate of drug-likeness (QED) is 0.0112. The Labute approximate surface area is 783 Å². The molecule has 7 rings (SSSR count). The van der Waals surface area contributed by atoms with Crippen molar-refractivity contribution in [1.82, 2.24) is 0 Å². The SMILES string of the molecule is COCCOC(O)CC(C)[N-]c1ccccc1.COc1cc(OC)c([C@@](O)(C[PH+](C(C)(C)C)C(C)(C)C)c2ccccc2)c(OC)c1.COc1ccc([N-]C(=O)C[PH+](C(C)(C)C)C(C)(C)C)c(OC)c1.Oc1c(C=Nc2ccccc2)cccc1C=[NH+]c1ccccc1.[CH3-].[CH3-].[CH3-].[CH3-].[CH3-].[CH3-].[CH3-].[CH3-].[CH3-].[CH3-].[CH3-].[CH3-].[Li+].[Li+].[Li+].[Li].[Ni+2].[Ni+3].[Ni].[Ni]. The van der Waals surface area contributed by atoms with Gasteiger partial charge in [0.1, 0.15) is 34.5 Å². The number of carbonyl (C=O) groups excluding carboxylic acids is 1. The molecule has 25 heteroatoms. The van der Waals surface area contributed by atoms with Crippen LogP contribution in [0.15, 0.2) is 175 Å². The van der Waals surface area contributed by atoms with Gasteiger partial charge >= 0.3 is 89.6 Å². The minimum Gasteiger partial charge on any atom is -0.682 e. The van der Waals surface area contributed by atoms with Crippen molar-refractivity contribution >= 4 is 75.8 Å². The fourth-order valence-electron chi connectivity index (χ4n) is 10.8. The van der Waals surface area contributed by atoms with E-state index >= 15 is 0 Å². The number of amides is 1. The number of nitrogens with zero attached hydrogens (tertiary/aromatic N) is 3. The van der Waals surface area contributed by atoms with Crippen molar-refractivity contribution in [2.24, 2.45) is 4.99 Å². The molecule has 4 N–H and O–H groups in total. The second-order valence-electron chi connectivity index (χ2n) is 26.4. The third kappa shape index (κ3) is 52.6. The van der Waals surface area contributed by atoms with Crippen molar-refractivity contribution in [3.8, 4) is 34.5 Å². The Balaban J connectivity index is -0.0000000694. The number of aromatic hydroxyl groups is 1. The molecule has 2 radical (unpaired) electrons. The molecule has 0 saturated carbocycles. The van der Waals surface area contributed by atoms with Gasteiger partial charge in [0, 0.05) is 117 Å². The summed E-state index contributed by atoms with van der Waals surface area (Å²) in [6.45, 7) is 29.8. The number of aliphatic hydroxyl groups excluding tert-OH is 1. The standard InChI is InChI=1S/C25H37O4P.C20H16N2O.C18H30NO3P.C13H20NO3.12CH3.4Li.4Ni/c1-23(2,3)30(24(4,5)6)17-25(26,18-13-11-10-12-14-18)22-20(28-8)15-19(27-7)16-21(22)29-9;23-20-16(14-21-18-10-3-1-4-11-18)8-7-9-17(20)15-22-19-12-5-2-6-13-19;1-17(2,3)23(18(4,5)6)12-16(20)19-14-10-9-13(21-7)11-15(14)22-8;1-11(10-13(15)17-9-8-16-2)14-12-6-4-3-5-7-12;;;;;;;;;;;;;;;;;;;;/h10-16,26H,17H2,1-9H3;1-15,23H;9-11H,12H2,1-8H3,(H,19,20);3-7,11,13,15H,8-10H2,1-2H3;12*1H3;;;;;;;;/q;;;13*-1;;3*+1;;;+2;+3/p+2/t25-;;;;;;;;;;;;;;;;;;;;;;;/m1......................./s1. The molecule has 0 bridgehead atoms. The van der Waals surface area contributed by atoms with Gasteiger partial charge in [-0.2, -0.15) is 0 Å². The number of hydrogen-bond acceptors (Lipinski definition) is 12. The molecule has 636 valence electrons. The summed E-state index contributed by atoms with van der Waals surface area (Å²) in [5.41, 5.74) is 4.91. The molecule has 7 aromatic rings. The van der Waals surface area contributed by atoms with E-state index in [0.29, 0.717) is 83.1 Å². The van der Waals surface area contributed by atoms with Crippen molar-refractivity contribution in [3.63, 3.8) is 0 Å². The third-order valence-electron chi connectivity index (χ3n) is 15.0. The van der Waals surface area contributed by atoms with Gasteiger partial charge in [-0.3, -0.25) is 4.99 Å². The number of benzene rings is 7. The largest absolute Gasteiger partial charge is 3.00 e. The van der Waals surface area contributed by atoms with Crippen LogP contribution in [0.4, 0.5) is 22.7 Å². The van der Waals surface area contributed by atoms with Crippen LogP contribution in [-0.2, 0) is 85.8 Å². The predicted molar refractivity (Wildman–Crippen MR) is 473 cm³/mol. The molecule has 7 aromatic carbocycles. The van der Waals surface area contributed by atoms with Crippen LogP contribution in [0.2, 0.25) is 0 Å². The average molecular weight is 1760 g/mol. The van der Waals surface area contributed by atoms with Gasteiger partial charge in [-0.25, -0.2) is 4.99 Å². The van der Waals surface area contributed by atoms with Crippen LogP contribution in [0.25, 0.3) is 10.6 Å². The third-order valence-corrected chi connectivity index (χ3v) is 23.8. The minimum atomic E-state index is -1.26. The molecular weight excluding hydrogens is 1610 g/mol. The van der Waals surface area contributed by atoms with E-state index < -0.39 is 27.7 Å². The first-order chi connectivity index (χ1) is 43.9. The van der Waals surface area contributed by atoms with Gasteiger partial charge in [-0.15, -0.1) is 11.7 Å². The maximum atomic E-state index is 12.5. The Morgan fingerprint density at radius 1 is 0.531 bits per heavy atom. The first-order valence-corrected chi connectivity index (χ1v) is 34.7. The van der Waals surface area contributed by atoms with E-state index in [-0.39, 0.29) is 269 Å². The van der Waals surface area contributed by atoms with Gasteiger partial charge in [0.05, 0.1) is 104 Å². The summed E-state index contributed by atoms with van der Waals surface area (Å²) in [7, 11) is 7.58. The van der Waals surface area contributed by atoms with Crippen LogP contribution in [0, 0.1) is 89.1 Å². The summed E-state index contributed by atoms with van der Waals surface area (Å²) in [5, 5.41) is 41.6. The Bertz CT molecular complexity index is 3300. The number of hydrogen-bond donors (Lipinski definition) is 4. The number of methoxy groups -OCH3 is 6. The number of nitrogens with one attached hydrogen (secondary N) is 1. The number of phenols is 1. The van der Waals surface area contributed by atoms with Crippen LogP contribution < -0.4 is 85.3 Å². The van der Waals surface area contributed by atoms with Gasteiger partial charge < -0.3 is 153 Å². The van der Waals surface area contributed by atoms with Crippen molar-refractivity contribution in [1.29, 1.82) is 0 Å². The average Bonchev–Trinajstić information content (AvgIpc) is 0.747. The van der Waals surface area contributed by atoms with E-state index in [4.69, 9.17) is 33.2 Å². The van der Waals surface area contributed by atoms with Crippen LogP contribution in [-0.4, -0.2) is 154 Å². The number of aliphatic hydroxyl groups is 2. The molecule has 0 aliphatic carbocycles. The molecule has 0 heterocycles. The Morgan fingerprint density at radius 3 is 1.35 bits per heavy atom. The number of phenolic OH excluding ortho intramolecular Hbond substituents is 1.